The van der Waals surface area contributed by atoms with Crippen LogP contribution in [0.1, 0.15) is 5.56 Å². The predicted octanol–water partition coefficient (Wildman–Crippen LogP) is 0.908. The van der Waals surface area contributed by atoms with E-state index in [9.17, 15) is 14.9 Å². The van der Waals surface area contributed by atoms with E-state index in [0.717, 1.165) is 16.4 Å². The monoisotopic (exact) mass is 276 g/mol. The molecule has 104 valence electrons. The second-order valence-electron chi connectivity index (χ2n) is 3.97. The van der Waals surface area contributed by atoms with Gasteiger partial charge in [-0.15, -0.1) is 0 Å². The third-order valence-corrected chi connectivity index (χ3v) is 2.58. The Morgan fingerprint density at radius 1 is 1.35 bits per heavy atom. The molecule has 0 unspecified atom stereocenters. The lowest BCUT2D eigenvalue weighted by Crippen LogP contribution is -2.27. The van der Waals surface area contributed by atoms with E-state index in [4.69, 9.17) is 10.5 Å². The number of nitro groups is 1. The van der Waals surface area contributed by atoms with Gasteiger partial charge in [0.05, 0.1) is 11.5 Å². The van der Waals surface area contributed by atoms with Crippen LogP contribution in [0.15, 0.2) is 41.3 Å². The predicted molar refractivity (Wildman–Crippen MR) is 70.8 cm³/mol. The minimum atomic E-state index is -0.751. The summed E-state index contributed by atoms with van der Waals surface area (Å²) >= 11 is 0. The summed E-state index contributed by atoms with van der Waals surface area (Å²) in [6.45, 7) is 0.168. The smallest absolute Gasteiger partial charge is 0.317 e. The van der Waals surface area contributed by atoms with Gasteiger partial charge >= 0.3 is 5.69 Å². The van der Waals surface area contributed by atoms with Crippen molar-refractivity contribution in [1.29, 1.82) is 0 Å². The van der Waals surface area contributed by atoms with E-state index in [2.05, 4.69) is 5.10 Å². The standard InChI is InChI=1S/C12H12N4O4/c13-11-10(16(18)19)6-14-15(12(11)17)8-20-7-9-4-2-1-3-5-9/h1-6H,7-8,13H2. The average Bonchev–Trinajstić information content (AvgIpc) is 2.44. The third kappa shape index (κ3) is 2.98. The van der Waals surface area contributed by atoms with Crippen molar-refractivity contribution in [2.24, 2.45) is 0 Å². The van der Waals surface area contributed by atoms with Gasteiger partial charge in [0.1, 0.15) is 12.9 Å². The Balaban J connectivity index is 2.06. The molecule has 0 atom stereocenters. The summed E-state index contributed by atoms with van der Waals surface area (Å²) in [5, 5.41) is 14.2. The van der Waals surface area contributed by atoms with Crippen LogP contribution in [0.3, 0.4) is 0 Å². The number of anilines is 1. The quantitative estimate of drug-likeness (QED) is 0.641. The number of nitrogens with two attached hydrogens (primary N) is 1. The fourth-order valence-corrected chi connectivity index (χ4v) is 1.56. The molecule has 1 aromatic carbocycles. The highest BCUT2D eigenvalue weighted by Gasteiger charge is 2.17. The number of nitrogens with zero attached hydrogens (tertiary/aromatic N) is 3. The highest BCUT2D eigenvalue weighted by molar-refractivity contribution is 5.54. The van der Waals surface area contributed by atoms with E-state index in [-0.39, 0.29) is 6.73 Å². The molecule has 8 nitrogen and oxygen atoms in total. The van der Waals surface area contributed by atoms with Crippen molar-refractivity contribution < 1.29 is 9.66 Å². The molecule has 0 saturated carbocycles. The largest absolute Gasteiger partial charge is 0.389 e. The lowest BCUT2D eigenvalue weighted by atomic mass is 10.2. The van der Waals surface area contributed by atoms with E-state index < -0.39 is 21.9 Å². The maximum absolute atomic E-state index is 11.7. The molecule has 0 radical (unpaired) electrons. The minimum Gasteiger partial charge on any atom is -0.389 e. The molecule has 1 heterocycles. The summed E-state index contributed by atoms with van der Waals surface area (Å²) in [7, 11) is 0. The summed E-state index contributed by atoms with van der Waals surface area (Å²) in [6.07, 6.45) is 0.933. The third-order valence-electron chi connectivity index (χ3n) is 2.58. The topological polar surface area (TPSA) is 113 Å². The number of nitrogen functional groups attached to an aromatic ring is 1. The van der Waals surface area contributed by atoms with Crippen LogP contribution in [0.5, 0.6) is 0 Å². The first-order valence-corrected chi connectivity index (χ1v) is 5.71. The van der Waals surface area contributed by atoms with E-state index in [1.54, 1.807) is 0 Å². The molecule has 20 heavy (non-hydrogen) atoms. The highest BCUT2D eigenvalue weighted by atomic mass is 16.6. The fraction of sp³-hybridized carbons (Fsp3) is 0.167. The first kappa shape index (κ1) is 13.7. The molecule has 0 bridgehead atoms. The van der Waals surface area contributed by atoms with Crippen LogP contribution >= 0.6 is 0 Å². The molecule has 0 spiro atoms. The van der Waals surface area contributed by atoms with Crippen LogP contribution in [0, 0.1) is 10.1 Å². The number of ether oxygens (including phenoxy) is 1. The molecule has 2 rings (SSSR count). The molecule has 0 saturated heterocycles. The van der Waals surface area contributed by atoms with Crippen molar-refractivity contribution in [2.75, 3.05) is 5.73 Å². The zero-order chi connectivity index (χ0) is 14.5. The zero-order valence-corrected chi connectivity index (χ0v) is 10.4. The maximum atomic E-state index is 11.7. The minimum absolute atomic E-state index is 0.129. The summed E-state index contributed by atoms with van der Waals surface area (Å²) in [6, 6.07) is 9.37. The molecule has 2 aromatic rings. The van der Waals surface area contributed by atoms with E-state index in [1.807, 2.05) is 30.3 Å². The van der Waals surface area contributed by atoms with Crippen LogP contribution in [-0.2, 0) is 18.1 Å². The van der Waals surface area contributed by atoms with Gasteiger partial charge in [-0.05, 0) is 5.56 Å². The number of aromatic nitrogens is 2. The summed E-state index contributed by atoms with van der Waals surface area (Å²) in [5.41, 5.74) is 4.64. The van der Waals surface area contributed by atoms with Gasteiger partial charge in [-0.1, -0.05) is 30.3 Å². The van der Waals surface area contributed by atoms with Gasteiger partial charge in [-0.25, -0.2) is 4.68 Å². The second-order valence-corrected chi connectivity index (χ2v) is 3.97. The summed E-state index contributed by atoms with van der Waals surface area (Å²) in [4.78, 5) is 21.6. The Hall–Kier alpha value is -2.74. The number of hydrogen-bond donors (Lipinski definition) is 1. The zero-order valence-electron chi connectivity index (χ0n) is 10.4. The fourth-order valence-electron chi connectivity index (χ4n) is 1.56. The summed E-state index contributed by atoms with van der Waals surface area (Å²) < 4.78 is 6.25. The Kier molecular flexibility index (Phi) is 4.06. The van der Waals surface area contributed by atoms with Crippen molar-refractivity contribution >= 4 is 11.4 Å². The molecule has 0 fully saturated rings. The van der Waals surface area contributed by atoms with E-state index in [1.165, 1.54) is 0 Å². The Morgan fingerprint density at radius 2 is 2.05 bits per heavy atom. The highest BCUT2D eigenvalue weighted by Crippen LogP contribution is 2.13. The van der Waals surface area contributed by atoms with Gasteiger partial charge in [-0.2, -0.15) is 5.10 Å². The van der Waals surface area contributed by atoms with E-state index >= 15 is 0 Å². The van der Waals surface area contributed by atoms with Crippen LogP contribution in [0.4, 0.5) is 11.4 Å². The van der Waals surface area contributed by atoms with Crippen molar-refractivity contribution in [3.63, 3.8) is 0 Å². The van der Waals surface area contributed by atoms with Crippen molar-refractivity contribution in [3.05, 3.63) is 62.6 Å². The van der Waals surface area contributed by atoms with Gasteiger partial charge in [-0.3, -0.25) is 14.9 Å². The van der Waals surface area contributed by atoms with Crippen LogP contribution < -0.4 is 11.3 Å². The summed E-state index contributed by atoms with van der Waals surface area (Å²) in [5.74, 6) is 0. The number of benzene rings is 1. The molecule has 2 N–H and O–H groups in total. The van der Waals surface area contributed by atoms with Gasteiger partial charge in [0, 0.05) is 0 Å². The first-order valence-electron chi connectivity index (χ1n) is 5.71. The SMILES string of the molecule is Nc1c([N+](=O)[O-])cnn(COCc2ccccc2)c1=O. The normalized spacial score (nSPS) is 10.4. The van der Waals surface area contributed by atoms with Crippen molar-refractivity contribution in [2.45, 2.75) is 13.3 Å². The van der Waals surface area contributed by atoms with Gasteiger partial charge < -0.3 is 10.5 Å². The Labute approximate surface area is 113 Å². The van der Waals surface area contributed by atoms with Crippen molar-refractivity contribution in [3.8, 4) is 0 Å². The molecule has 0 aliphatic rings. The van der Waals surface area contributed by atoms with Gasteiger partial charge in [0.15, 0.2) is 5.69 Å². The average molecular weight is 276 g/mol. The van der Waals surface area contributed by atoms with E-state index in [0.29, 0.717) is 6.61 Å². The van der Waals surface area contributed by atoms with Crippen LogP contribution in [0.2, 0.25) is 0 Å². The maximum Gasteiger partial charge on any atom is 0.317 e. The Morgan fingerprint density at radius 3 is 2.70 bits per heavy atom. The Bertz CT molecular complexity index is 669. The van der Waals surface area contributed by atoms with Gasteiger partial charge in [0.25, 0.3) is 5.56 Å². The van der Waals surface area contributed by atoms with Crippen molar-refractivity contribution in [1.82, 2.24) is 9.78 Å². The molecular formula is C12H12N4O4. The first-order chi connectivity index (χ1) is 9.59. The molecule has 0 amide bonds. The second kappa shape index (κ2) is 5.93. The van der Waals surface area contributed by atoms with Gasteiger partial charge in [0.2, 0.25) is 0 Å². The molecule has 0 aliphatic heterocycles. The molecule has 0 aliphatic carbocycles. The van der Waals surface area contributed by atoms with Crippen LogP contribution in [-0.4, -0.2) is 14.7 Å². The number of rotatable bonds is 5. The lowest BCUT2D eigenvalue weighted by molar-refractivity contribution is -0.384. The number of hydrogen-bond acceptors (Lipinski definition) is 6. The lowest BCUT2D eigenvalue weighted by Gasteiger charge is -2.06. The molecule has 1 aromatic heterocycles. The molecule has 8 heteroatoms. The molecular weight excluding hydrogens is 264 g/mol. The van der Waals surface area contributed by atoms with Crippen LogP contribution in [0.25, 0.3) is 0 Å².